The maximum atomic E-state index is 13.0. The van der Waals surface area contributed by atoms with E-state index >= 15 is 0 Å². The quantitative estimate of drug-likeness (QED) is 0.501. The monoisotopic (exact) mass is 420 g/mol. The summed E-state index contributed by atoms with van der Waals surface area (Å²) in [7, 11) is 3.45. The van der Waals surface area contributed by atoms with E-state index in [1.807, 2.05) is 53.4 Å². The molecule has 0 radical (unpaired) electrons. The van der Waals surface area contributed by atoms with Gasteiger partial charge in [-0.1, -0.05) is 18.2 Å². The van der Waals surface area contributed by atoms with Gasteiger partial charge in [0.25, 0.3) is 11.5 Å². The largest absolute Gasteiger partial charge is 0.497 e. The first-order valence-electron chi connectivity index (χ1n) is 9.26. The Morgan fingerprint density at radius 1 is 1.20 bits per heavy atom. The second kappa shape index (κ2) is 8.38. The van der Waals surface area contributed by atoms with Gasteiger partial charge in [0.2, 0.25) is 0 Å². The van der Waals surface area contributed by atoms with Gasteiger partial charge >= 0.3 is 0 Å². The van der Waals surface area contributed by atoms with E-state index in [1.165, 1.54) is 11.3 Å². The maximum absolute atomic E-state index is 13.0. The van der Waals surface area contributed by atoms with Crippen LogP contribution in [0.5, 0.6) is 5.75 Å². The molecule has 7 nitrogen and oxygen atoms in total. The average Bonchev–Trinajstić information content (AvgIpc) is 3.44. The molecular formula is C22H20N4O3S. The highest BCUT2D eigenvalue weighted by Gasteiger charge is 2.23. The smallest absolute Gasteiger partial charge is 0.261 e. The first-order valence-corrected chi connectivity index (χ1v) is 10.1. The van der Waals surface area contributed by atoms with E-state index in [0.717, 1.165) is 10.4 Å². The number of rotatable bonds is 6. The zero-order valence-corrected chi connectivity index (χ0v) is 17.3. The molecule has 1 aromatic carbocycles. The molecule has 0 fully saturated rings. The van der Waals surface area contributed by atoms with Crippen LogP contribution in [-0.2, 0) is 7.05 Å². The van der Waals surface area contributed by atoms with Gasteiger partial charge in [0.05, 0.1) is 17.7 Å². The summed E-state index contributed by atoms with van der Waals surface area (Å²) in [6.07, 6.45) is 3.47. The number of aromatic amines is 1. The van der Waals surface area contributed by atoms with Gasteiger partial charge in [-0.3, -0.25) is 9.59 Å². The normalized spacial score (nSPS) is 11.8. The number of benzene rings is 1. The van der Waals surface area contributed by atoms with Crippen molar-refractivity contribution in [2.75, 3.05) is 7.11 Å². The van der Waals surface area contributed by atoms with Crippen molar-refractivity contribution in [3.05, 3.63) is 93.6 Å². The van der Waals surface area contributed by atoms with Gasteiger partial charge in [0, 0.05) is 19.4 Å². The second-order valence-electron chi connectivity index (χ2n) is 6.67. The van der Waals surface area contributed by atoms with Gasteiger partial charge in [0.15, 0.2) is 0 Å². The van der Waals surface area contributed by atoms with E-state index in [2.05, 4.69) is 15.3 Å². The average molecular weight is 420 g/mol. The second-order valence-corrected chi connectivity index (χ2v) is 7.62. The van der Waals surface area contributed by atoms with Gasteiger partial charge in [-0.2, -0.15) is 0 Å². The van der Waals surface area contributed by atoms with Crippen molar-refractivity contribution in [1.29, 1.82) is 0 Å². The number of aromatic nitrogens is 3. The van der Waals surface area contributed by atoms with E-state index in [-0.39, 0.29) is 5.56 Å². The molecule has 30 heavy (non-hydrogen) atoms. The molecule has 0 aliphatic heterocycles. The van der Waals surface area contributed by atoms with Gasteiger partial charge < -0.3 is 19.6 Å². The van der Waals surface area contributed by atoms with Crippen LogP contribution in [0.1, 0.15) is 27.8 Å². The van der Waals surface area contributed by atoms with Crippen molar-refractivity contribution in [3.63, 3.8) is 0 Å². The lowest BCUT2D eigenvalue weighted by Crippen LogP contribution is -2.34. The molecule has 2 N–H and O–H groups in total. The van der Waals surface area contributed by atoms with E-state index < -0.39 is 17.5 Å². The van der Waals surface area contributed by atoms with Crippen LogP contribution < -0.4 is 15.6 Å². The van der Waals surface area contributed by atoms with Crippen LogP contribution in [0.4, 0.5) is 0 Å². The number of hydrogen-bond acceptors (Lipinski definition) is 5. The van der Waals surface area contributed by atoms with Gasteiger partial charge in [-0.05, 0) is 41.3 Å². The third kappa shape index (κ3) is 3.90. The number of imidazole rings is 1. The number of amides is 1. The molecular weight excluding hydrogens is 400 g/mol. The van der Waals surface area contributed by atoms with Crippen molar-refractivity contribution < 1.29 is 9.53 Å². The minimum atomic E-state index is -0.528. The Bertz CT molecular complexity index is 1210. The van der Waals surface area contributed by atoms with Crippen molar-refractivity contribution in [2.45, 2.75) is 6.04 Å². The Balaban J connectivity index is 1.65. The SMILES string of the molecule is COc1ccc(C(NC(=O)c2ccc(-c3cccs3)[nH]c2=O)c2nccn2C)cc1. The highest BCUT2D eigenvalue weighted by Crippen LogP contribution is 2.24. The summed E-state index contributed by atoms with van der Waals surface area (Å²) < 4.78 is 7.05. The standard InChI is InChI=1S/C22H20N4O3S/c1-26-12-11-23-20(26)19(14-5-7-15(29-2)8-6-14)25-22(28)16-9-10-17(24-21(16)27)18-4-3-13-30-18/h3-13,19H,1-2H3,(H,24,27)(H,25,28). The molecule has 3 heterocycles. The summed E-state index contributed by atoms with van der Waals surface area (Å²) in [6, 6.07) is 13.9. The molecule has 0 saturated heterocycles. The molecule has 0 saturated carbocycles. The first-order chi connectivity index (χ1) is 14.6. The molecule has 1 atom stereocenters. The molecule has 8 heteroatoms. The van der Waals surface area contributed by atoms with Crippen LogP contribution >= 0.6 is 11.3 Å². The molecule has 3 aromatic heterocycles. The van der Waals surface area contributed by atoms with Crippen LogP contribution in [-0.4, -0.2) is 27.6 Å². The fourth-order valence-corrected chi connectivity index (χ4v) is 3.89. The number of nitrogens with one attached hydrogen (secondary N) is 2. The van der Waals surface area contributed by atoms with Crippen LogP contribution in [0, 0.1) is 0 Å². The topological polar surface area (TPSA) is 89.0 Å². The lowest BCUT2D eigenvalue weighted by atomic mass is 10.1. The Morgan fingerprint density at radius 2 is 2.00 bits per heavy atom. The summed E-state index contributed by atoms with van der Waals surface area (Å²) in [4.78, 5) is 33.7. The molecule has 0 aliphatic carbocycles. The number of thiophene rings is 1. The molecule has 4 rings (SSSR count). The number of nitrogens with zero attached hydrogens (tertiary/aromatic N) is 2. The van der Waals surface area contributed by atoms with Crippen molar-refractivity contribution >= 4 is 17.2 Å². The fraction of sp³-hybridized carbons (Fsp3) is 0.136. The van der Waals surface area contributed by atoms with Gasteiger partial charge in [-0.25, -0.2) is 4.98 Å². The highest BCUT2D eigenvalue weighted by atomic mass is 32.1. The van der Waals surface area contributed by atoms with Gasteiger partial charge in [-0.15, -0.1) is 11.3 Å². The first kappa shape index (κ1) is 19.7. The van der Waals surface area contributed by atoms with Crippen LogP contribution in [0.2, 0.25) is 0 Å². The molecule has 0 bridgehead atoms. The minimum absolute atomic E-state index is 0.0445. The lowest BCUT2D eigenvalue weighted by Gasteiger charge is -2.19. The number of hydrogen-bond donors (Lipinski definition) is 2. The van der Waals surface area contributed by atoms with Crippen LogP contribution in [0.25, 0.3) is 10.6 Å². The number of carbonyl (C=O) groups is 1. The highest BCUT2D eigenvalue weighted by molar-refractivity contribution is 7.13. The summed E-state index contributed by atoms with van der Waals surface area (Å²) in [6.45, 7) is 0. The zero-order valence-electron chi connectivity index (χ0n) is 16.5. The number of methoxy groups -OCH3 is 1. The number of pyridine rings is 1. The minimum Gasteiger partial charge on any atom is -0.497 e. The summed E-state index contributed by atoms with van der Waals surface area (Å²) >= 11 is 1.52. The Morgan fingerprint density at radius 3 is 2.60 bits per heavy atom. The predicted octanol–water partition coefficient (Wildman–Crippen LogP) is 3.36. The fourth-order valence-electron chi connectivity index (χ4n) is 3.19. The number of carbonyl (C=O) groups excluding carboxylic acids is 1. The lowest BCUT2D eigenvalue weighted by molar-refractivity contribution is 0.0939. The number of H-pyrrole nitrogens is 1. The summed E-state index contributed by atoms with van der Waals surface area (Å²) in [5.74, 6) is 0.891. The van der Waals surface area contributed by atoms with Crippen molar-refractivity contribution in [3.8, 4) is 16.3 Å². The number of ether oxygens (including phenoxy) is 1. The summed E-state index contributed by atoms with van der Waals surface area (Å²) in [5, 5.41) is 4.88. The van der Waals surface area contributed by atoms with Gasteiger partial charge in [0.1, 0.15) is 23.2 Å². The Hall–Kier alpha value is -3.65. The van der Waals surface area contributed by atoms with E-state index in [0.29, 0.717) is 17.3 Å². The molecule has 0 spiro atoms. The van der Waals surface area contributed by atoms with E-state index in [1.54, 1.807) is 31.6 Å². The maximum Gasteiger partial charge on any atom is 0.261 e. The number of aryl methyl sites for hydroxylation is 1. The zero-order chi connectivity index (χ0) is 21.1. The molecule has 1 unspecified atom stereocenters. The molecule has 1 amide bonds. The Kier molecular flexibility index (Phi) is 5.49. The third-order valence-corrected chi connectivity index (χ3v) is 5.69. The molecule has 0 aliphatic rings. The van der Waals surface area contributed by atoms with Crippen LogP contribution in [0.15, 0.2) is 71.1 Å². The Labute approximate surface area is 177 Å². The predicted molar refractivity (Wildman–Crippen MR) is 116 cm³/mol. The van der Waals surface area contributed by atoms with Crippen molar-refractivity contribution in [2.24, 2.45) is 7.05 Å². The third-order valence-electron chi connectivity index (χ3n) is 4.78. The van der Waals surface area contributed by atoms with E-state index in [4.69, 9.17) is 4.74 Å². The van der Waals surface area contributed by atoms with Crippen LogP contribution in [0.3, 0.4) is 0 Å². The summed E-state index contributed by atoms with van der Waals surface area (Å²) in [5.41, 5.74) is 1.11. The molecule has 4 aromatic rings. The molecule has 152 valence electrons. The van der Waals surface area contributed by atoms with E-state index in [9.17, 15) is 9.59 Å². The van der Waals surface area contributed by atoms with Crippen molar-refractivity contribution in [1.82, 2.24) is 19.9 Å².